The Morgan fingerprint density at radius 1 is 0.407 bits per heavy atom. The SMILES string of the molecule is CCCCCCC/C=C\C/C=C\C/C=C\CCCCCCCCCCCOCC(CO)OC(=O)CCCCCCCCCCCCC/C=C\C/C=C\CCCCCCC. The molecule has 1 atom stereocenters. The van der Waals surface area contributed by atoms with Gasteiger partial charge in [0.05, 0.1) is 13.2 Å². The number of ether oxygens (including phenoxy) is 2. The number of aliphatic hydroxyl groups excluding tert-OH is 1. The van der Waals surface area contributed by atoms with E-state index < -0.39 is 6.10 Å². The van der Waals surface area contributed by atoms with Gasteiger partial charge in [0.2, 0.25) is 0 Å². The number of hydrogen-bond donors (Lipinski definition) is 1. The van der Waals surface area contributed by atoms with Crippen LogP contribution in [0.2, 0.25) is 0 Å². The lowest BCUT2D eigenvalue weighted by Crippen LogP contribution is -2.27. The summed E-state index contributed by atoms with van der Waals surface area (Å²) in [6.45, 7) is 5.33. The molecule has 0 radical (unpaired) electrons. The maximum atomic E-state index is 12.3. The van der Waals surface area contributed by atoms with Crippen LogP contribution in [0.3, 0.4) is 0 Å². The summed E-state index contributed by atoms with van der Waals surface area (Å²) in [4.78, 5) is 12.3. The van der Waals surface area contributed by atoms with Gasteiger partial charge in [0.15, 0.2) is 0 Å². The fraction of sp³-hybridized carbons (Fsp3) is 0.800. The van der Waals surface area contributed by atoms with E-state index in [-0.39, 0.29) is 12.6 Å². The van der Waals surface area contributed by atoms with E-state index in [4.69, 9.17) is 9.47 Å². The molecular formula is C55H100O4. The Labute approximate surface area is 368 Å². The van der Waals surface area contributed by atoms with Crippen molar-refractivity contribution in [1.82, 2.24) is 0 Å². The van der Waals surface area contributed by atoms with Crippen LogP contribution in [0, 0.1) is 0 Å². The highest BCUT2D eigenvalue weighted by molar-refractivity contribution is 5.69. The van der Waals surface area contributed by atoms with Gasteiger partial charge in [0.1, 0.15) is 6.10 Å². The van der Waals surface area contributed by atoms with Gasteiger partial charge < -0.3 is 14.6 Å². The van der Waals surface area contributed by atoms with Crippen LogP contribution in [0.15, 0.2) is 60.8 Å². The Hall–Kier alpha value is -1.91. The summed E-state index contributed by atoms with van der Waals surface area (Å²) in [6, 6.07) is 0. The van der Waals surface area contributed by atoms with Crippen LogP contribution >= 0.6 is 0 Å². The molecule has 0 aromatic carbocycles. The number of hydrogen-bond acceptors (Lipinski definition) is 4. The summed E-state index contributed by atoms with van der Waals surface area (Å²) < 4.78 is 11.2. The van der Waals surface area contributed by atoms with Crippen molar-refractivity contribution < 1.29 is 19.4 Å². The monoisotopic (exact) mass is 825 g/mol. The van der Waals surface area contributed by atoms with E-state index in [2.05, 4.69) is 74.6 Å². The summed E-state index contributed by atoms with van der Waals surface area (Å²) in [5, 5.41) is 9.65. The standard InChI is InChI=1S/C55H100O4/c1-3-5-7-9-11-13-15-17-19-21-23-25-27-29-31-33-35-37-39-41-43-45-47-49-51-58-53-54(52-56)59-55(57)50-48-46-44-42-40-38-36-34-32-30-28-26-24-22-20-18-16-14-12-10-8-6-4-2/h15-18,21-24,27,29,54,56H,3-14,19-20,25-26,28,30-53H2,1-2H3/b17-15-,18-16-,23-21-,24-22-,29-27-. The van der Waals surface area contributed by atoms with E-state index in [9.17, 15) is 9.90 Å². The lowest BCUT2D eigenvalue weighted by atomic mass is 10.0. The van der Waals surface area contributed by atoms with Crippen LogP contribution < -0.4 is 0 Å². The third-order valence-electron chi connectivity index (χ3n) is 11.3. The van der Waals surface area contributed by atoms with Crippen molar-refractivity contribution in [3.8, 4) is 0 Å². The van der Waals surface area contributed by atoms with Crippen LogP contribution in [0.5, 0.6) is 0 Å². The van der Waals surface area contributed by atoms with Gasteiger partial charge in [-0.05, 0) is 83.5 Å². The fourth-order valence-electron chi connectivity index (χ4n) is 7.43. The van der Waals surface area contributed by atoms with Crippen molar-refractivity contribution in [3.63, 3.8) is 0 Å². The van der Waals surface area contributed by atoms with Crippen LogP contribution in [0.25, 0.3) is 0 Å². The first-order chi connectivity index (χ1) is 29.2. The van der Waals surface area contributed by atoms with Gasteiger partial charge in [0.25, 0.3) is 0 Å². The molecule has 0 saturated heterocycles. The molecular weight excluding hydrogens is 725 g/mol. The number of carbonyl (C=O) groups excluding carboxylic acids is 1. The van der Waals surface area contributed by atoms with E-state index in [0.717, 1.165) is 38.5 Å². The average molecular weight is 825 g/mol. The molecule has 0 heterocycles. The topological polar surface area (TPSA) is 55.8 Å². The minimum Gasteiger partial charge on any atom is -0.457 e. The van der Waals surface area contributed by atoms with Gasteiger partial charge >= 0.3 is 5.97 Å². The lowest BCUT2D eigenvalue weighted by Gasteiger charge is -2.16. The maximum Gasteiger partial charge on any atom is 0.306 e. The van der Waals surface area contributed by atoms with Crippen molar-refractivity contribution in [2.24, 2.45) is 0 Å². The second-order valence-electron chi connectivity index (χ2n) is 17.2. The third kappa shape index (κ3) is 50.3. The Morgan fingerprint density at radius 3 is 1.07 bits per heavy atom. The van der Waals surface area contributed by atoms with E-state index in [0.29, 0.717) is 19.6 Å². The molecule has 0 bridgehead atoms. The van der Waals surface area contributed by atoms with Gasteiger partial charge in [-0.25, -0.2) is 0 Å². The number of rotatable bonds is 48. The number of esters is 1. The van der Waals surface area contributed by atoms with Crippen LogP contribution in [-0.2, 0) is 14.3 Å². The third-order valence-corrected chi connectivity index (χ3v) is 11.3. The number of carbonyl (C=O) groups is 1. The largest absolute Gasteiger partial charge is 0.457 e. The molecule has 344 valence electrons. The molecule has 59 heavy (non-hydrogen) atoms. The molecule has 4 heteroatoms. The van der Waals surface area contributed by atoms with Crippen molar-refractivity contribution in [2.75, 3.05) is 19.8 Å². The Bertz CT molecular complexity index is 962. The Balaban J connectivity index is 3.43. The summed E-state index contributed by atoms with van der Waals surface area (Å²) in [5.74, 6) is -0.203. The van der Waals surface area contributed by atoms with Crippen LogP contribution in [0.1, 0.15) is 258 Å². The normalized spacial score (nSPS) is 12.8. The number of allylic oxidation sites excluding steroid dienone is 10. The first-order valence-electron chi connectivity index (χ1n) is 25.9. The van der Waals surface area contributed by atoms with Crippen molar-refractivity contribution in [1.29, 1.82) is 0 Å². The second kappa shape index (κ2) is 52.2. The minimum absolute atomic E-state index is 0.176. The molecule has 1 N–H and O–H groups in total. The van der Waals surface area contributed by atoms with Gasteiger partial charge in [-0.3, -0.25) is 4.79 Å². The molecule has 4 nitrogen and oxygen atoms in total. The predicted octanol–water partition coefficient (Wildman–Crippen LogP) is 17.6. The van der Waals surface area contributed by atoms with E-state index in [1.807, 2.05) is 0 Å². The Morgan fingerprint density at radius 2 is 0.712 bits per heavy atom. The van der Waals surface area contributed by atoms with E-state index >= 15 is 0 Å². The molecule has 0 spiro atoms. The molecule has 0 amide bonds. The number of aliphatic hydroxyl groups is 1. The zero-order valence-corrected chi connectivity index (χ0v) is 39.5. The molecule has 0 aliphatic rings. The van der Waals surface area contributed by atoms with Crippen molar-refractivity contribution in [3.05, 3.63) is 60.8 Å². The van der Waals surface area contributed by atoms with Gasteiger partial charge in [0, 0.05) is 13.0 Å². The minimum atomic E-state index is -0.541. The highest BCUT2D eigenvalue weighted by Crippen LogP contribution is 2.15. The van der Waals surface area contributed by atoms with Gasteiger partial charge in [-0.15, -0.1) is 0 Å². The highest BCUT2D eigenvalue weighted by atomic mass is 16.6. The van der Waals surface area contributed by atoms with E-state index in [1.165, 1.54) is 199 Å². The molecule has 0 saturated carbocycles. The summed E-state index contributed by atoms with van der Waals surface area (Å²) >= 11 is 0. The molecule has 0 aromatic rings. The molecule has 0 aliphatic carbocycles. The lowest BCUT2D eigenvalue weighted by molar-refractivity contribution is -0.154. The summed E-state index contributed by atoms with van der Waals surface area (Å²) in [5.41, 5.74) is 0. The zero-order valence-electron chi connectivity index (χ0n) is 39.5. The van der Waals surface area contributed by atoms with Crippen molar-refractivity contribution in [2.45, 2.75) is 264 Å². The molecule has 1 unspecified atom stereocenters. The Kier molecular flexibility index (Phi) is 50.5. The molecule has 0 fully saturated rings. The van der Waals surface area contributed by atoms with Gasteiger partial charge in [-0.2, -0.15) is 0 Å². The van der Waals surface area contributed by atoms with Crippen LogP contribution in [-0.4, -0.2) is 37.0 Å². The molecule has 0 rings (SSSR count). The number of unbranched alkanes of at least 4 members (excludes halogenated alkanes) is 30. The fourth-order valence-corrected chi connectivity index (χ4v) is 7.43. The average Bonchev–Trinajstić information content (AvgIpc) is 3.24. The summed E-state index contributed by atoms with van der Waals surface area (Å²) in [7, 11) is 0. The molecule has 0 aromatic heterocycles. The second-order valence-corrected chi connectivity index (χ2v) is 17.2. The molecule has 0 aliphatic heterocycles. The quantitative estimate of drug-likeness (QED) is 0.0377. The predicted molar refractivity (Wildman–Crippen MR) is 260 cm³/mol. The first kappa shape index (κ1) is 57.1. The van der Waals surface area contributed by atoms with Gasteiger partial charge in [-0.1, -0.05) is 229 Å². The van der Waals surface area contributed by atoms with Crippen LogP contribution in [0.4, 0.5) is 0 Å². The maximum absolute atomic E-state index is 12.3. The first-order valence-corrected chi connectivity index (χ1v) is 25.9. The van der Waals surface area contributed by atoms with Crippen molar-refractivity contribution >= 4 is 5.97 Å². The smallest absolute Gasteiger partial charge is 0.306 e. The zero-order chi connectivity index (χ0) is 42.6. The highest BCUT2D eigenvalue weighted by Gasteiger charge is 2.13. The van der Waals surface area contributed by atoms with E-state index in [1.54, 1.807) is 0 Å². The summed E-state index contributed by atoms with van der Waals surface area (Å²) in [6.07, 6.45) is 70.2.